The Bertz CT molecular complexity index is 574. The van der Waals surface area contributed by atoms with E-state index in [-0.39, 0.29) is 5.82 Å². The zero-order valence-corrected chi connectivity index (χ0v) is 10.0. The SMILES string of the molecule is CC1CC(n2nnnc2-c2cc(F)ccc2N)C1. The lowest BCUT2D eigenvalue weighted by molar-refractivity contribution is 0.199. The zero-order valence-electron chi connectivity index (χ0n) is 10.0. The molecular weight excluding hydrogens is 233 g/mol. The van der Waals surface area contributed by atoms with Gasteiger partial charge in [0, 0.05) is 11.3 Å². The fourth-order valence-corrected chi connectivity index (χ4v) is 2.40. The smallest absolute Gasteiger partial charge is 0.184 e. The van der Waals surface area contributed by atoms with Crippen LogP contribution in [0.1, 0.15) is 25.8 Å². The summed E-state index contributed by atoms with van der Waals surface area (Å²) in [7, 11) is 0. The predicted octanol–water partition coefficient (Wildman–Crippen LogP) is 2.03. The number of nitrogen functional groups attached to an aromatic ring is 1. The van der Waals surface area contributed by atoms with Crippen LogP contribution < -0.4 is 5.73 Å². The molecule has 1 heterocycles. The van der Waals surface area contributed by atoms with Crippen LogP contribution in [0.2, 0.25) is 0 Å². The number of hydrogen-bond donors (Lipinski definition) is 1. The maximum absolute atomic E-state index is 13.3. The summed E-state index contributed by atoms with van der Waals surface area (Å²) in [5.41, 5.74) is 6.90. The van der Waals surface area contributed by atoms with Crippen molar-refractivity contribution in [3.05, 3.63) is 24.0 Å². The highest BCUT2D eigenvalue weighted by molar-refractivity contribution is 5.71. The maximum Gasteiger partial charge on any atom is 0.184 e. The number of halogens is 1. The average Bonchev–Trinajstić information content (AvgIpc) is 2.76. The van der Waals surface area contributed by atoms with Crippen molar-refractivity contribution < 1.29 is 4.39 Å². The average molecular weight is 247 g/mol. The molecule has 0 spiro atoms. The van der Waals surface area contributed by atoms with E-state index in [9.17, 15) is 4.39 Å². The number of nitrogens with zero attached hydrogens (tertiary/aromatic N) is 4. The molecule has 1 aromatic heterocycles. The first-order chi connectivity index (χ1) is 8.65. The molecule has 3 rings (SSSR count). The van der Waals surface area contributed by atoms with Gasteiger partial charge < -0.3 is 5.73 Å². The van der Waals surface area contributed by atoms with E-state index in [4.69, 9.17) is 5.73 Å². The van der Waals surface area contributed by atoms with Crippen LogP contribution in [0.5, 0.6) is 0 Å². The molecule has 94 valence electrons. The third-order valence-corrected chi connectivity index (χ3v) is 3.44. The summed E-state index contributed by atoms with van der Waals surface area (Å²) in [6.07, 6.45) is 2.10. The lowest BCUT2D eigenvalue weighted by Gasteiger charge is -2.32. The van der Waals surface area contributed by atoms with Crippen LogP contribution in [-0.4, -0.2) is 20.2 Å². The van der Waals surface area contributed by atoms with Gasteiger partial charge in [0.2, 0.25) is 0 Å². The number of tetrazole rings is 1. The number of benzene rings is 1. The van der Waals surface area contributed by atoms with Gasteiger partial charge in [-0.3, -0.25) is 0 Å². The summed E-state index contributed by atoms with van der Waals surface area (Å²) in [6.45, 7) is 2.19. The minimum Gasteiger partial charge on any atom is -0.398 e. The Morgan fingerprint density at radius 3 is 2.89 bits per heavy atom. The van der Waals surface area contributed by atoms with Crippen molar-refractivity contribution in [2.75, 3.05) is 5.73 Å². The molecule has 1 fully saturated rings. The highest BCUT2D eigenvalue weighted by Crippen LogP contribution is 2.39. The molecule has 1 aliphatic carbocycles. The highest BCUT2D eigenvalue weighted by Gasteiger charge is 2.30. The van der Waals surface area contributed by atoms with E-state index in [1.807, 2.05) is 0 Å². The van der Waals surface area contributed by atoms with Crippen LogP contribution in [0, 0.1) is 11.7 Å². The fraction of sp³-hybridized carbons (Fsp3) is 0.417. The number of nitrogens with two attached hydrogens (primary N) is 1. The molecule has 2 aromatic rings. The Balaban J connectivity index is 2.02. The van der Waals surface area contributed by atoms with Gasteiger partial charge in [0.1, 0.15) is 5.82 Å². The van der Waals surface area contributed by atoms with Gasteiger partial charge in [0.15, 0.2) is 5.82 Å². The largest absolute Gasteiger partial charge is 0.398 e. The van der Waals surface area contributed by atoms with Gasteiger partial charge in [-0.1, -0.05) is 6.92 Å². The summed E-state index contributed by atoms with van der Waals surface area (Å²) >= 11 is 0. The van der Waals surface area contributed by atoms with Crippen molar-refractivity contribution in [1.82, 2.24) is 20.2 Å². The van der Waals surface area contributed by atoms with Gasteiger partial charge in [-0.05, 0) is 47.4 Å². The lowest BCUT2D eigenvalue weighted by atomic mass is 9.82. The van der Waals surface area contributed by atoms with Crippen LogP contribution in [-0.2, 0) is 0 Å². The Morgan fingerprint density at radius 2 is 2.17 bits per heavy atom. The van der Waals surface area contributed by atoms with Crippen molar-refractivity contribution in [2.24, 2.45) is 5.92 Å². The maximum atomic E-state index is 13.3. The number of anilines is 1. The summed E-state index contributed by atoms with van der Waals surface area (Å²) in [5.74, 6) is 0.900. The second kappa shape index (κ2) is 4.04. The van der Waals surface area contributed by atoms with Crippen molar-refractivity contribution in [1.29, 1.82) is 0 Å². The fourth-order valence-electron chi connectivity index (χ4n) is 2.40. The minimum absolute atomic E-state index is 0.299. The molecule has 0 bridgehead atoms. The summed E-state index contributed by atoms with van der Waals surface area (Å²) < 4.78 is 15.1. The highest BCUT2D eigenvalue weighted by atomic mass is 19.1. The molecule has 5 nitrogen and oxygen atoms in total. The van der Waals surface area contributed by atoms with Crippen molar-refractivity contribution in [2.45, 2.75) is 25.8 Å². The molecule has 0 aliphatic heterocycles. The van der Waals surface area contributed by atoms with Crippen LogP contribution in [0.3, 0.4) is 0 Å². The van der Waals surface area contributed by atoms with E-state index in [1.165, 1.54) is 18.2 Å². The Labute approximate surface area is 104 Å². The molecular formula is C12H14FN5. The van der Waals surface area contributed by atoms with Gasteiger partial charge in [-0.25, -0.2) is 9.07 Å². The predicted molar refractivity (Wildman–Crippen MR) is 65.1 cm³/mol. The zero-order chi connectivity index (χ0) is 12.7. The van der Waals surface area contributed by atoms with Crippen LogP contribution in [0.25, 0.3) is 11.4 Å². The molecule has 0 saturated heterocycles. The second-order valence-electron chi connectivity index (χ2n) is 4.91. The van der Waals surface area contributed by atoms with Gasteiger partial charge in [-0.15, -0.1) is 5.10 Å². The van der Waals surface area contributed by atoms with Gasteiger partial charge in [0.05, 0.1) is 6.04 Å². The normalized spacial score (nSPS) is 22.8. The number of aromatic nitrogens is 4. The number of rotatable bonds is 2. The van der Waals surface area contributed by atoms with E-state index >= 15 is 0 Å². The van der Waals surface area contributed by atoms with E-state index < -0.39 is 0 Å². The first-order valence-electron chi connectivity index (χ1n) is 5.98. The first kappa shape index (κ1) is 11.1. The van der Waals surface area contributed by atoms with Crippen molar-refractivity contribution in [3.63, 3.8) is 0 Å². The van der Waals surface area contributed by atoms with Gasteiger partial charge >= 0.3 is 0 Å². The molecule has 1 aromatic carbocycles. The third-order valence-electron chi connectivity index (χ3n) is 3.44. The quantitative estimate of drug-likeness (QED) is 0.824. The van der Waals surface area contributed by atoms with Gasteiger partial charge in [0.25, 0.3) is 0 Å². The Morgan fingerprint density at radius 1 is 1.39 bits per heavy atom. The topological polar surface area (TPSA) is 69.6 Å². The first-order valence-corrected chi connectivity index (χ1v) is 5.98. The van der Waals surface area contributed by atoms with E-state index in [0.717, 1.165) is 12.8 Å². The van der Waals surface area contributed by atoms with Crippen LogP contribution in [0.15, 0.2) is 18.2 Å². The van der Waals surface area contributed by atoms with Crippen LogP contribution >= 0.6 is 0 Å². The summed E-state index contributed by atoms with van der Waals surface area (Å²) in [5, 5.41) is 11.7. The molecule has 1 saturated carbocycles. The van der Waals surface area contributed by atoms with E-state index in [2.05, 4.69) is 22.4 Å². The van der Waals surface area contributed by atoms with Crippen molar-refractivity contribution >= 4 is 5.69 Å². The lowest BCUT2D eigenvalue weighted by Crippen LogP contribution is -2.26. The second-order valence-corrected chi connectivity index (χ2v) is 4.91. The minimum atomic E-state index is -0.337. The molecule has 18 heavy (non-hydrogen) atoms. The Kier molecular flexibility index (Phi) is 2.50. The van der Waals surface area contributed by atoms with Gasteiger partial charge in [-0.2, -0.15) is 0 Å². The van der Waals surface area contributed by atoms with Crippen LogP contribution in [0.4, 0.5) is 10.1 Å². The van der Waals surface area contributed by atoms with E-state index in [0.29, 0.717) is 29.0 Å². The molecule has 1 aliphatic rings. The van der Waals surface area contributed by atoms with Crippen molar-refractivity contribution in [3.8, 4) is 11.4 Å². The summed E-state index contributed by atoms with van der Waals surface area (Å²) in [6, 6.07) is 4.54. The molecule has 2 N–H and O–H groups in total. The molecule has 0 atom stereocenters. The molecule has 6 heteroatoms. The molecule has 0 amide bonds. The monoisotopic (exact) mass is 247 g/mol. The molecule has 0 radical (unpaired) electrons. The number of hydrogen-bond acceptors (Lipinski definition) is 4. The summed E-state index contributed by atoms with van der Waals surface area (Å²) in [4.78, 5) is 0. The molecule has 0 unspecified atom stereocenters. The Hall–Kier alpha value is -1.98. The third kappa shape index (κ3) is 1.73. The van der Waals surface area contributed by atoms with E-state index in [1.54, 1.807) is 4.68 Å². The standard InChI is InChI=1S/C12H14FN5/c1-7-4-9(5-7)18-12(15-16-17-18)10-6-8(13)2-3-11(10)14/h2-3,6-7,9H,4-5,14H2,1H3.